The summed E-state index contributed by atoms with van der Waals surface area (Å²) in [6.45, 7) is 0. The van der Waals surface area contributed by atoms with Crippen molar-refractivity contribution in [2.45, 2.75) is 12.5 Å². The van der Waals surface area contributed by atoms with Gasteiger partial charge in [-0.1, -0.05) is 18.2 Å². The van der Waals surface area contributed by atoms with Gasteiger partial charge in [0.1, 0.15) is 11.6 Å². The first kappa shape index (κ1) is 10.5. The number of hydrogen-bond donors (Lipinski definition) is 1. The van der Waals surface area contributed by atoms with Gasteiger partial charge in [-0.15, -0.1) is 0 Å². The third-order valence-corrected chi connectivity index (χ3v) is 3.34. The normalized spacial score (nSPS) is 17.6. The Balaban J connectivity index is 1.91. The van der Waals surface area contributed by atoms with Crippen molar-refractivity contribution in [1.29, 1.82) is 0 Å². The van der Waals surface area contributed by atoms with Crippen LogP contribution in [0.1, 0.15) is 17.5 Å². The first-order valence-corrected chi connectivity index (χ1v) is 6.06. The third kappa shape index (κ3) is 1.86. The highest BCUT2D eigenvalue weighted by atomic mass is 79.9. The van der Waals surface area contributed by atoms with Gasteiger partial charge in [-0.2, -0.15) is 0 Å². The third-order valence-electron chi connectivity index (χ3n) is 2.72. The number of hydrogen-bond acceptors (Lipinski definition) is 4. The molecule has 2 aromatic rings. The fourth-order valence-corrected chi connectivity index (χ4v) is 2.07. The highest BCUT2D eigenvalue weighted by molar-refractivity contribution is 9.10. The highest BCUT2D eigenvalue weighted by Crippen LogP contribution is 2.35. The molecule has 1 aliphatic heterocycles. The van der Waals surface area contributed by atoms with Crippen LogP contribution < -0.4 is 10.5 Å². The fraction of sp³-hybridized carbons (Fsp3) is 0.167. The Bertz CT molecular complexity index is 548. The zero-order chi connectivity index (χ0) is 11.8. The van der Waals surface area contributed by atoms with Crippen molar-refractivity contribution in [2.24, 2.45) is 0 Å². The van der Waals surface area contributed by atoms with Gasteiger partial charge in [-0.05, 0) is 27.6 Å². The lowest BCUT2D eigenvalue weighted by molar-refractivity contribution is 0.227. The lowest BCUT2D eigenvalue weighted by Gasteiger charge is -2.09. The predicted molar refractivity (Wildman–Crippen MR) is 67.7 cm³/mol. The summed E-state index contributed by atoms with van der Waals surface area (Å²) in [5.41, 5.74) is 6.92. The van der Waals surface area contributed by atoms with Gasteiger partial charge in [0, 0.05) is 12.6 Å². The van der Waals surface area contributed by atoms with Crippen LogP contribution in [0.3, 0.4) is 0 Å². The van der Waals surface area contributed by atoms with Crippen LogP contribution in [0, 0.1) is 0 Å². The second-order valence-corrected chi connectivity index (χ2v) is 4.73. The number of nitrogens with zero attached hydrogens (tertiary/aromatic N) is 2. The molecular weight excluding hydrogens is 282 g/mol. The molecule has 1 aliphatic rings. The predicted octanol–water partition coefficient (Wildman–Crippen LogP) is 2.50. The molecule has 1 aromatic carbocycles. The van der Waals surface area contributed by atoms with E-state index in [9.17, 15) is 0 Å². The zero-order valence-corrected chi connectivity index (χ0v) is 10.5. The summed E-state index contributed by atoms with van der Waals surface area (Å²) in [5, 5.41) is 0. The van der Waals surface area contributed by atoms with E-state index in [1.54, 1.807) is 6.20 Å². The van der Waals surface area contributed by atoms with Crippen LogP contribution in [0.25, 0.3) is 0 Å². The topological polar surface area (TPSA) is 61.0 Å². The molecule has 17 heavy (non-hydrogen) atoms. The largest absolute Gasteiger partial charge is 0.482 e. The van der Waals surface area contributed by atoms with Crippen molar-refractivity contribution in [3.05, 3.63) is 46.3 Å². The molecule has 0 saturated heterocycles. The van der Waals surface area contributed by atoms with Crippen molar-refractivity contribution in [1.82, 2.24) is 9.97 Å². The molecular formula is C12H10BrN3O. The van der Waals surface area contributed by atoms with Gasteiger partial charge in [0.25, 0.3) is 0 Å². The molecule has 1 atom stereocenters. The average molecular weight is 292 g/mol. The molecule has 0 spiro atoms. The summed E-state index contributed by atoms with van der Waals surface area (Å²) in [7, 11) is 0. The monoisotopic (exact) mass is 291 g/mol. The van der Waals surface area contributed by atoms with Gasteiger partial charge in [0.2, 0.25) is 0 Å². The van der Waals surface area contributed by atoms with E-state index in [0.717, 1.165) is 12.2 Å². The Labute approximate surface area is 107 Å². The van der Waals surface area contributed by atoms with Crippen molar-refractivity contribution >= 4 is 21.7 Å². The molecule has 0 radical (unpaired) electrons. The maximum atomic E-state index is 5.79. The molecule has 0 saturated carbocycles. The van der Waals surface area contributed by atoms with E-state index in [1.807, 2.05) is 18.2 Å². The van der Waals surface area contributed by atoms with E-state index < -0.39 is 0 Å². The van der Waals surface area contributed by atoms with Crippen LogP contribution in [0.5, 0.6) is 5.75 Å². The molecule has 1 unspecified atom stereocenters. The number of halogens is 1. The number of rotatable bonds is 1. The summed E-state index contributed by atoms with van der Waals surface area (Å²) in [4.78, 5) is 8.47. The smallest absolute Gasteiger partial charge is 0.171 e. The van der Waals surface area contributed by atoms with E-state index in [2.05, 4.69) is 32.0 Å². The number of anilines is 1. The molecule has 5 heteroatoms. The van der Waals surface area contributed by atoms with Gasteiger partial charge in [-0.25, -0.2) is 9.97 Å². The molecule has 3 rings (SSSR count). The second kappa shape index (κ2) is 4.00. The molecule has 86 valence electrons. The number of nitrogen functional groups attached to an aromatic ring is 1. The van der Waals surface area contributed by atoms with Crippen molar-refractivity contribution in [2.75, 3.05) is 5.73 Å². The number of ether oxygens (including phenoxy) is 1. The van der Waals surface area contributed by atoms with Gasteiger partial charge in [0.15, 0.2) is 11.9 Å². The molecule has 2 heterocycles. The van der Waals surface area contributed by atoms with Crippen LogP contribution in [-0.2, 0) is 6.42 Å². The van der Waals surface area contributed by atoms with Crippen LogP contribution >= 0.6 is 15.9 Å². The standard InChI is InChI=1S/C12H10BrN3O/c13-8-6-15-12(16-11(8)14)10-5-7-3-1-2-4-9(7)17-10/h1-4,6,10H,5H2,(H2,14,15,16). The zero-order valence-electron chi connectivity index (χ0n) is 8.93. The molecule has 2 N–H and O–H groups in total. The van der Waals surface area contributed by atoms with E-state index in [1.165, 1.54) is 5.56 Å². The van der Waals surface area contributed by atoms with Crippen LogP contribution in [0.2, 0.25) is 0 Å². The molecule has 0 fully saturated rings. The summed E-state index contributed by atoms with van der Waals surface area (Å²) in [6, 6.07) is 7.97. The van der Waals surface area contributed by atoms with Crippen LogP contribution in [0.15, 0.2) is 34.9 Å². The van der Waals surface area contributed by atoms with E-state index >= 15 is 0 Å². The maximum absolute atomic E-state index is 5.79. The summed E-state index contributed by atoms with van der Waals surface area (Å²) >= 11 is 3.28. The molecule has 4 nitrogen and oxygen atoms in total. The first-order chi connectivity index (χ1) is 8.24. The van der Waals surface area contributed by atoms with Crippen LogP contribution in [0.4, 0.5) is 5.82 Å². The maximum Gasteiger partial charge on any atom is 0.171 e. The minimum absolute atomic E-state index is 0.136. The number of benzene rings is 1. The first-order valence-electron chi connectivity index (χ1n) is 5.26. The van der Waals surface area contributed by atoms with Crippen molar-refractivity contribution in [3.63, 3.8) is 0 Å². The second-order valence-electron chi connectivity index (χ2n) is 3.88. The molecule has 0 amide bonds. The van der Waals surface area contributed by atoms with Gasteiger partial charge in [0.05, 0.1) is 4.47 Å². The Hall–Kier alpha value is -1.62. The Morgan fingerprint density at radius 1 is 1.35 bits per heavy atom. The van der Waals surface area contributed by atoms with Gasteiger partial charge < -0.3 is 10.5 Å². The number of fused-ring (bicyclic) bond motifs is 1. The summed E-state index contributed by atoms with van der Waals surface area (Å²) in [6.07, 6.45) is 2.31. The quantitative estimate of drug-likeness (QED) is 0.877. The Morgan fingerprint density at radius 2 is 2.18 bits per heavy atom. The molecule has 1 aromatic heterocycles. The average Bonchev–Trinajstić information content (AvgIpc) is 2.76. The van der Waals surface area contributed by atoms with Crippen LogP contribution in [-0.4, -0.2) is 9.97 Å². The summed E-state index contributed by atoms with van der Waals surface area (Å²) in [5.74, 6) is 1.97. The number of aromatic nitrogens is 2. The molecule has 0 aliphatic carbocycles. The Kier molecular flexibility index (Phi) is 2.48. The number of para-hydroxylation sites is 1. The minimum atomic E-state index is -0.136. The van der Waals surface area contributed by atoms with Crippen molar-refractivity contribution < 1.29 is 4.74 Å². The van der Waals surface area contributed by atoms with E-state index in [0.29, 0.717) is 16.1 Å². The van der Waals surface area contributed by atoms with Gasteiger partial charge in [-0.3, -0.25) is 0 Å². The fourth-order valence-electron chi connectivity index (χ4n) is 1.88. The number of nitrogens with two attached hydrogens (primary N) is 1. The van der Waals surface area contributed by atoms with E-state index in [4.69, 9.17) is 10.5 Å². The van der Waals surface area contributed by atoms with Crippen molar-refractivity contribution in [3.8, 4) is 5.75 Å². The lowest BCUT2D eigenvalue weighted by Crippen LogP contribution is -2.10. The summed E-state index contributed by atoms with van der Waals surface area (Å²) < 4.78 is 6.50. The minimum Gasteiger partial charge on any atom is -0.482 e. The Morgan fingerprint density at radius 3 is 2.94 bits per heavy atom. The van der Waals surface area contributed by atoms with Gasteiger partial charge >= 0.3 is 0 Å². The highest BCUT2D eigenvalue weighted by Gasteiger charge is 2.26. The molecule has 0 bridgehead atoms. The van der Waals surface area contributed by atoms with E-state index in [-0.39, 0.29) is 6.10 Å². The lowest BCUT2D eigenvalue weighted by atomic mass is 10.1. The SMILES string of the molecule is Nc1nc(C2Cc3ccccc3O2)ncc1Br.